The summed E-state index contributed by atoms with van der Waals surface area (Å²) in [6.45, 7) is 0.616. The maximum absolute atomic E-state index is 12.9. The molecule has 5 heteroatoms. The summed E-state index contributed by atoms with van der Waals surface area (Å²) in [5.74, 6) is 0.380. The first kappa shape index (κ1) is 12.1. The first-order valence-corrected chi connectivity index (χ1v) is 4.59. The van der Waals surface area contributed by atoms with Crippen LogP contribution in [0.2, 0.25) is 0 Å². The van der Waals surface area contributed by atoms with Crippen molar-refractivity contribution in [1.29, 1.82) is 0 Å². The Hall–Kier alpha value is -1.00. The Morgan fingerprint density at radius 3 is 3.07 bits per heavy atom. The van der Waals surface area contributed by atoms with E-state index in [-0.39, 0.29) is 30.9 Å². The standard InChI is InChI=1S/C10H12FNO2.ClH/c11-7-1-2-10-9(5-7)12-8(3-4-13)6-14-10;/h1-2,5,8,12-13H,3-4,6H2;1H. The molecule has 3 nitrogen and oxygen atoms in total. The molecule has 0 aliphatic carbocycles. The number of aliphatic hydroxyl groups is 1. The van der Waals surface area contributed by atoms with Gasteiger partial charge in [0.2, 0.25) is 0 Å². The zero-order valence-corrected chi connectivity index (χ0v) is 8.89. The van der Waals surface area contributed by atoms with Gasteiger partial charge in [-0.2, -0.15) is 0 Å². The Morgan fingerprint density at radius 2 is 2.33 bits per heavy atom. The van der Waals surface area contributed by atoms with Gasteiger partial charge in [-0.3, -0.25) is 0 Å². The van der Waals surface area contributed by atoms with Gasteiger partial charge in [0, 0.05) is 12.7 Å². The molecule has 1 aliphatic rings. The van der Waals surface area contributed by atoms with E-state index in [1.165, 1.54) is 12.1 Å². The van der Waals surface area contributed by atoms with Gasteiger partial charge in [-0.15, -0.1) is 12.4 Å². The Kier molecular flexibility index (Phi) is 4.17. The number of halogens is 2. The molecule has 0 spiro atoms. The summed E-state index contributed by atoms with van der Waals surface area (Å²) in [5, 5.41) is 11.9. The van der Waals surface area contributed by atoms with E-state index in [2.05, 4.69) is 5.32 Å². The quantitative estimate of drug-likeness (QED) is 0.819. The van der Waals surface area contributed by atoms with E-state index in [1.807, 2.05) is 0 Å². The van der Waals surface area contributed by atoms with Crippen molar-refractivity contribution in [2.24, 2.45) is 0 Å². The molecule has 2 N–H and O–H groups in total. The summed E-state index contributed by atoms with van der Waals surface area (Å²) in [7, 11) is 0. The van der Waals surface area contributed by atoms with Crippen LogP contribution >= 0.6 is 12.4 Å². The summed E-state index contributed by atoms with van der Waals surface area (Å²) < 4.78 is 18.3. The third-order valence-corrected chi connectivity index (χ3v) is 2.22. The number of hydrogen-bond donors (Lipinski definition) is 2. The van der Waals surface area contributed by atoms with Crippen molar-refractivity contribution in [1.82, 2.24) is 0 Å². The lowest BCUT2D eigenvalue weighted by molar-refractivity contribution is 0.233. The smallest absolute Gasteiger partial charge is 0.142 e. The molecule has 1 aliphatic heterocycles. The number of benzene rings is 1. The zero-order chi connectivity index (χ0) is 9.97. The molecule has 0 fully saturated rings. The number of hydrogen-bond acceptors (Lipinski definition) is 3. The van der Waals surface area contributed by atoms with E-state index in [9.17, 15) is 4.39 Å². The maximum Gasteiger partial charge on any atom is 0.142 e. The highest BCUT2D eigenvalue weighted by Gasteiger charge is 2.18. The van der Waals surface area contributed by atoms with Gasteiger partial charge in [-0.05, 0) is 18.6 Å². The fourth-order valence-electron chi connectivity index (χ4n) is 1.50. The van der Waals surface area contributed by atoms with Crippen LogP contribution in [-0.2, 0) is 0 Å². The average molecular weight is 234 g/mol. The van der Waals surface area contributed by atoms with Crippen LogP contribution in [0, 0.1) is 5.82 Å². The Labute approximate surface area is 93.7 Å². The summed E-state index contributed by atoms with van der Waals surface area (Å²) in [6.07, 6.45) is 0.607. The molecular weight excluding hydrogens is 221 g/mol. The van der Waals surface area contributed by atoms with Crippen molar-refractivity contribution in [3.8, 4) is 5.75 Å². The molecule has 1 unspecified atom stereocenters. The highest BCUT2D eigenvalue weighted by molar-refractivity contribution is 5.85. The minimum atomic E-state index is -0.288. The van der Waals surface area contributed by atoms with Gasteiger partial charge in [-0.25, -0.2) is 4.39 Å². The maximum atomic E-state index is 12.9. The average Bonchev–Trinajstić information content (AvgIpc) is 2.17. The van der Waals surface area contributed by atoms with Gasteiger partial charge in [-0.1, -0.05) is 0 Å². The molecule has 1 aromatic carbocycles. The number of fused-ring (bicyclic) bond motifs is 1. The first-order valence-electron chi connectivity index (χ1n) is 4.59. The van der Waals surface area contributed by atoms with E-state index in [0.29, 0.717) is 24.5 Å². The normalized spacial score (nSPS) is 18.1. The van der Waals surface area contributed by atoms with Crippen LogP contribution in [0.4, 0.5) is 10.1 Å². The highest BCUT2D eigenvalue weighted by Crippen LogP contribution is 2.29. The van der Waals surface area contributed by atoms with Crippen molar-refractivity contribution in [3.05, 3.63) is 24.0 Å². The topological polar surface area (TPSA) is 41.5 Å². The Morgan fingerprint density at radius 1 is 1.53 bits per heavy atom. The van der Waals surface area contributed by atoms with Crippen LogP contribution in [0.15, 0.2) is 18.2 Å². The minimum Gasteiger partial charge on any atom is -0.489 e. The van der Waals surface area contributed by atoms with E-state index >= 15 is 0 Å². The first-order chi connectivity index (χ1) is 6.79. The molecule has 1 atom stereocenters. The molecule has 15 heavy (non-hydrogen) atoms. The van der Waals surface area contributed by atoms with Crippen LogP contribution < -0.4 is 10.1 Å². The highest BCUT2D eigenvalue weighted by atomic mass is 35.5. The second-order valence-corrected chi connectivity index (χ2v) is 3.31. The second kappa shape index (κ2) is 5.19. The van der Waals surface area contributed by atoms with Crippen molar-refractivity contribution in [2.75, 3.05) is 18.5 Å². The van der Waals surface area contributed by atoms with Crippen LogP contribution in [0.5, 0.6) is 5.75 Å². The molecule has 0 bridgehead atoms. The summed E-state index contributed by atoms with van der Waals surface area (Å²) in [4.78, 5) is 0. The molecule has 84 valence electrons. The van der Waals surface area contributed by atoms with Crippen molar-refractivity contribution in [3.63, 3.8) is 0 Å². The molecule has 1 heterocycles. The molecule has 0 saturated heterocycles. The van der Waals surface area contributed by atoms with Crippen LogP contribution in [0.1, 0.15) is 6.42 Å². The third kappa shape index (κ3) is 2.73. The largest absolute Gasteiger partial charge is 0.489 e. The number of nitrogens with one attached hydrogen (secondary N) is 1. The predicted molar refractivity (Wildman–Crippen MR) is 58.3 cm³/mol. The minimum absolute atomic E-state index is 0. The molecule has 0 saturated carbocycles. The van der Waals surface area contributed by atoms with Crippen LogP contribution in [-0.4, -0.2) is 24.4 Å². The molecule has 0 radical (unpaired) electrons. The molecular formula is C10H13ClFNO2. The SMILES string of the molecule is Cl.OCCC1COc2ccc(F)cc2N1. The molecule has 2 rings (SSSR count). The zero-order valence-electron chi connectivity index (χ0n) is 8.07. The summed E-state index contributed by atoms with van der Waals surface area (Å²) in [6, 6.07) is 4.44. The lowest BCUT2D eigenvalue weighted by atomic mass is 10.1. The second-order valence-electron chi connectivity index (χ2n) is 3.31. The van der Waals surface area contributed by atoms with E-state index in [0.717, 1.165) is 0 Å². The molecule has 0 amide bonds. The molecule has 1 aromatic rings. The number of aliphatic hydroxyl groups excluding tert-OH is 1. The van der Waals surface area contributed by atoms with Gasteiger partial charge < -0.3 is 15.2 Å². The van der Waals surface area contributed by atoms with Crippen molar-refractivity contribution >= 4 is 18.1 Å². The number of anilines is 1. The predicted octanol–water partition coefficient (Wildman–Crippen LogP) is 1.80. The third-order valence-electron chi connectivity index (χ3n) is 2.22. The Balaban J connectivity index is 0.00000112. The van der Waals surface area contributed by atoms with Gasteiger partial charge in [0.05, 0.1) is 11.7 Å². The lowest BCUT2D eigenvalue weighted by Crippen LogP contribution is -2.32. The number of ether oxygens (including phenoxy) is 1. The van der Waals surface area contributed by atoms with E-state index < -0.39 is 0 Å². The fourth-order valence-corrected chi connectivity index (χ4v) is 1.50. The molecule has 0 aromatic heterocycles. The van der Waals surface area contributed by atoms with Gasteiger partial charge in [0.25, 0.3) is 0 Å². The van der Waals surface area contributed by atoms with Gasteiger partial charge in [0.15, 0.2) is 0 Å². The monoisotopic (exact) mass is 233 g/mol. The van der Waals surface area contributed by atoms with Gasteiger partial charge >= 0.3 is 0 Å². The van der Waals surface area contributed by atoms with E-state index in [1.54, 1.807) is 6.07 Å². The number of rotatable bonds is 2. The Bertz CT molecular complexity index is 335. The summed E-state index contributed by atoms with van der Waals surface area (Å²) >= 11 is 0. The lowest BCUT2D eigenvalue weighted by Gasteiger charge is -2.26. The fraction of sp³-hybridized carbons (Fsp3) is 0.400. The van der Waals surface area contributed by atoms with Crippen LogP contribution in [0.25, 0.3) is 0 Å². The van der Waals surface area contributed by atoms with Crippen molar-refractivity contribution in [2.45, 2.75) is 12.5 Å². The van der Waals surface area contributed by atoms with E-state index in [4.69, 9.17) is 9.84 Å². The summed E-state index contributed by atoms with van der Waals surface area (Å²) in [5.41, 5.74) is 0.662. The van der Waals surface area contributed by atoms with Crippen molar-refractivity contribution < 1.29 is 14.2 Å². The van der Waals surface area contributed by atoms with Crippen LogP contribution in [0.3, 0.4) is 0 Å². The van der Waals surface area contributed by atoms with Gasteiger partial charge in [0.1, 0.15) is 18.2 Å².